The number of ether oxygens (including phenoxy) is 4. The highest BCUT2D eigenvalue weighted by molar-refractivity contribution is 7.99. The van der Waals surface area contributed by atoms with Crippen molar-refractivity contribution in [3.63, 3.8) is 0 Å². The van der Waals surface area contributed by atoms with E-state index < -0.39 is 47.6 Å². The minimum absolute atomic E-state index is 0.138. The lowest BCUT2D eigenvalue weighted by Gasteiger charge is -2.43. The number of nitrogens with zero attached hydrogens (tertiary/aromatic N) is 1. The van der Waals surface area contributed by atoms with Gasteiger partial charge < -0.3 is 18.9 Å². The van der Waals surface area contributed by atoms with E-state index in [1.807, 2.05) is 6.07 Å². The monoisotopic (exact) mass is 455 g/mol. The number of hydrogen-bond acceptors (Lipinski definition) is 9. The lowest BCUT2D eigenvalue weighted by atomic mass is 9.91. The van der Waals surface area contributed by atoms with Crippen LogP contribution in [0.15, 0.2) is 23.1 Å². The number of benzene rings is 1. The molecule has 3 unspecified atom stereocenters. The van der Waals surface area contributed by atoms with Crippen LogP contribution in [0.1, 0.15) is 33.3 Å². The second kappa shape index (κ2) is 10.7. The van der Waals surface area contributed by atoms with Crippen LogP contribution in [0, 0.1) is 17.2 Å². The van der Waals surface area contributed by atoms with Gasteiger partial charge in [-0.3, -0.25) is 14.4 Å². The first-order chi connectivity index (χ1) is 14.1. The molecular formula is C20H22ClNO7S. The van der Waals surface area contributed by atoms with E-state index in [0.29, 0.717) is 15.5 Å². The quantitative estimate of drug-likeness (QED) is 0.471. The standard InChI is InChI=1S/C20H22ClNO7S/c1-10-18(27-12(3)24)17(9-26-11(2)23)29-20(19(10)28-13(4)25)30-16-6-14(8-22)5-15(21)7-16/h5-7,10,17-20H,9H2,1-4H3/t10?,17?,18-,19?,20-/m1/s1. The maximum Gasteiger partial charge on any atom is 0.303 e. The van der Waals surface area contributed by atoms with Crippen molar-refractivity contribution in [3.8, 4) is 6.07 Å². The molecule has 0 spiro atoms. The summed E-state index contributed by atoms with van der Waals surface area (Å²) in [4.78, 5) is 35.2. The van der Waals surface area contributed by atoms with Gasteiger partial charge in [0.05, 0.1) is 11.6 Å². The largest absolute Gasteiger partial charge is 0.463 e. The number of halogens is 1. The minimum Gasteiger partial charge on any atom is -0.463 e. The van der Waals surface area contributed by atoms with Crippen molar-refractivity contribution >= 4 is 41.3 Å². The van der Waals surface area contributed by atoms with Crippen LogP contribution in [0.5, 0.6) is 0 Å². The summed E-state index contributed by atoms with van der Waals surface area (Å²) >= 11 is 7.29. The van der Waals surface area contributed by atoms with Gasteiger partial charge in [-0.2, -0.15) is 5.26 Å². The molecule has 1 fully saturated rings. The van der Waals surface area contributed by atoms with Crippen LogP contribution in [0.3, 0.4) is 0 Å². The number of esters is 3. The highest BCUT2D eigenvalue weighted by Crippen LogP contribution is 2.39. The Bertz CT molecular complexity index is 854. The number of hydrogen-bond donors (Lipinski definition) is 0. The van der Waals surface area contributed by atoms with Crippen LogP contribution in [-0.2, 0) is 33.3 Å². The summed E-state index contributed by atoms with van der Waals surface area (Å²) in [5.74, 6) is -2.03. The Morgan fingerprint density at radius 2 is 1.73 bits per heavy atom. The fourth-order valence-corrected chi connectivity index (χ4v) is 4.68. The average molecular weight is 456 g/mol. The molecule has 5 atom stereocenters. The summed E-state index contributed by atoms with van der Waals surface area (Å²) in [7, 11) is 0. The fourth-order valence-electron chi connectivity index (χ4n) is 3.09. The summed E-state index contributed by atoms with van der Waals surface area (Å²) in [6.07, 6.45) is -2.33. The molecule has 2 rings (SSSR count). The first-order valence-electron chi connectivity index (χ1n) is 9.11. The summed E-state index contributed by atoms with van der Waals surface area (Å²) in [5.41, 5.74) is -0.353. The van der Waals surface area contributed by atoms with Crippen LogP contribution >= 0.6 is 23.4 Å². The van der Waals surface area contributed by atoms with Gasteiger partial charge in [0.2, 0.25) is 0 Å². The van der Waals surface area contributed by atoms with Gasteiger partial charge in [-0.15, -0.1) is 0 Å². The summed E-state index contributed by atoms with van der Waals surface area (Å²) in [6, 6.07) is 6.85. The topological polar surface area (TPSA) is 112 Å². The van der Waals surface area contributed by atoms with Gasteiger partial charge in [-0.1, -0.05) is 30.3 Å². The number of nitriles is 1. The summed E-state index contributed by atoms with van der Waals surface area (Å²) < 4.78 is 22.0. The molecule has 1 aliphatic rings. The molecule has 162 valence electrons. The van der Waals surface area contributed by atoms with Crippen molar-refractivity contribution in [1.29, 1.82) is 5.26 Å². The molecule has 10 heteroatoms. The molecule has 1 saturated heterocycles. The molecule has 0 bridgehead atoms. The van der Waals surface area contributed by atoms with Crippen molar-refractivity contribution in [2.45, 2.75) is 56.3 Å². The third kappa shape index (κ3) is 6.62. The average Bonchev–Trinajstić information content (AvgIpc) is 2.64. The Kier molecular flexibility index (Phi) is 8.53. The molecule has 0 aromatic heterocycles. The third-order valence-electron chi connectivity index (χ3n) is 4.29. The van der Waals surface area contributed by atoms with Crippen LogP contribution in [0.25, 0.3) is 0 Å². The van der Waals surface area contributed by atoms with E-state index in [2.05, 4.69) is 0 Å². The first-order valence-corrected chi connectivity index (χ1v) is 10.4. The normalized spacial score (nSPS) is 25.7. The Morgan fingerprint density at radius 3 is 2.30 bits per heavy atom. The van der Waals surface area contributed by atoms with E-state index in [-0.39, 0.29) is 6.61 Å². The molecule has 1 aromatic carbocycles. The SMILES string of the molecule is CC(=O)OCC1O[C@H](Sc2cc(Cl)cc(C#N)c2)C(OC(C)=O)C(C)[C@H]1OC(C)=O. The zero-order chi connectivity index (χ0) is 22.4. The van der Waals surface area contributed by atoms with Crippen molar-refractivity contribution in [2.24, 2.45) is 5.92 Å². The molecule has 0 amide bonds. The van der Waals surface area contributed by atoms with E-state index in [4.69, 9.17) is 30.5 Å². The molecular weight excluding hydrogens is 434 g/mol. The Morgan fingerprint density at radius 1 is 1.10 bits per heavy atom. The van der Waals surface area contributed by atoms with Crippen molar-refractivity contribution in [2.75, 3.05) is 6.61 Å². The molecule has 0 N–H and O–H groups in total. The molecule has 30 heavy (non-hydrogen) atoms. The highest BCUT2D eigenvalue weighted by Gasteiger charge is 2.48. The number of carbonyl (C=O) groups is 3. The van der Waals surface area contributed by atoms with Gasteiger partial charge in [-0.05, 0) is 18.2 Å². The van der Waals surface area contributed by atoms with Crippen molar-refractivity contribution in [3.05, 3.63) is 28.8 Å². The maximum atomic E-state index is 11.7. The summed E-state index contributed by atoms with van der Waals surface area (Å²) in [5, 5.41) is 9.55. The lowest BCUT2D eigenvalue weighted by molar-refractivity contribution is -0.212. The van der Waals surface area contributed by atoms with Gasteiger partial charge in [0.25, 0.3) is 0 Å². The van der Waals surface area contributed by atoms with Gasteiger partial charge >= 0.3 is 17.9 Å². The van der Waals surface area contributed by atoms with Gasteiger partial charge in [-0.25, -0.2) is 0 Å². The van der Waals surface area contributed by atoms with Gasteiger partial charge in [0, 0.05) is 36.6 Å². The molecule has 1 aliphatic heterocycles. The van der Waals surface area contributed by atoms with Gasteiger partial charge in [0.1, 0.15) is 30.4 Å². The predicted octanol–water partition coefficient (Wildman–Crippen LogP) is 3.09. The smallest absolute Gasteiger partial charge is 0.303 e. The zero-order valence-corrected chi connectivity index (χ0v) is 18.5. The molecule has 0 radical (unpaired) electrons. The zero-order valence-electron chi connectivity index (χ0n) is 16.9. The number of thioether (sulfide) groups is 1. The Balaban J connectivity index is 2.35. The van der Waals surface area contributed by atoms with E-state index in [9.17, 15) is 19.6 Å². The fraction of sp³-hybridized carbons (Fsp3) is 0.500. The second-order valence-electron chi connectivity index (χ2n) is 6.76. The van der Waals surface area contributed by atoms with Crippen LogP contribution in [0.4, 0.5) is 0 Å². The van der Waals surface area contributed by atoms with Crippen LogP contribution in [-0.4, -0.2) is 48.3 Å². The Hall–Kier alpha value is -2.28. The lowest BCUT2D eigenvalue weighted by Crippen LogP contribution is -2.56. The van der Waals surface area contributed by atoms with E-state index in [0.717, 1.165) is 0 Å². The van der Waals surface area contributed by atoms with Crippen molar-refractivity contribution in [1.82, 2.24) is 0 Å². The minimum atomic E-state index is -0.794. The molecule has 8 nitrogen and oxygen atoms in total. The van der Waals surface area contributed by atoms with E-state index in [1.54, 1.807) is 19.1 Å². The third-order valence-corrected chi connectivity index (χ3v) is 5.63. The van der Waals surface area contributed by atoms with Crippen LogP contribution in [0.2, 0.25) is 5.02 Å². The molecule has 0 saturated carbocycles. The molecule has 1 aromatic rings. The number of carbonyl (C=O) groups excluding carboxylic acids is 3. The predicted molar refractivity (Wildman–Crippen MR) is 108 cm³/mol. The molecule has 0 aliphatic carbocycles. The van der Waals surface area contributed by atoms with E-state index >= 15 is 0 Å². The highest BCUT2D eigenvalue weighted by atomic mass is 35.5. The van der Waals surface area contributed by atoms with Crippen molar-refractivity contribution < 1.29 is 33.3 Å². The second-order valence-corrected chi connectivity index (χ2v) is 8.37. The maximum absolute atomic E-state index is 11.7. The van der Waals surface area contributed by atoms with Crippen LogP contribution < -0.4 is 0 Å². The Labute approximate surface area is 183 Å². The molecule has 1 heterocycles. The van der Waals surface area contributed by atoms with Gasteiger partial charge in [0.15, 0.2) is 0 Å². The van der Waals surface area contributed by atoms with E-state index in [1.165, 1.54) is 38.6 Å². The number of rotatable bonds is 6. The first kappa shape index (κ1) is 24.0. The summed E-state index contributed by atoms with van der Waals surface area (Å²) in [6.45, 7) is 5.41.